The van der Waals surface area contributed by atoms with Crippen molar-refractivity contribution in [2.45, 2.75) is 151 Å². The minimum atomic E-state index is -5.19. The van der Waals surface area contributed by atoms with Gasteiger partial charge in [0.2, 0.25) is 10.7 Å². The second-order valence-electron chi connectivity index (χ2n) is 30.6. The molecule has 0 amide bonds. The number of carbonyl (C=O) groups is 2. The average molecular weight is 2130 g/mol. The van der Waals surface area contributed by atoms with E-state index in [1.54, 1.807) is 86.0 Å². The molecule has 1 atom stereocenters. The highest BCUT2D eigenvalue weighted by Gasteiger charge is 2.30. The summed E-state index contributed by atoms with van der Waals surface area (Å²) in [4.78, 5) is 65.5. The number of aromatic amines is 5. The SMILES string of the molecule is CCC(CC)Nc1ccc(C#Cc2csc(C)n2)c[nH+]1.CC[C@H](C)Nc1ccc(C#Cc2csc(C)n2)c[nH+]1.CSc1ccccc1-c1ccc(C#Cc2csc(C)n2)c[nH+]1.Cc1[nH+]c(C#Cc2c[nH+]cc(-c3ccc(CO)cc3)c2)cs1.Cc1nc(C#Cc2ccc(-c3cccc(C)c3C)nc2)cs1.Cc1nc(C#Cc2cncc(CCc3ccccc3)c2)cs1.O=C([O-])C(F)(F)F.O=C([O-])C(F)(F)F.[Cl-].[Cl-].[Cl-]. The molecule has 0 bridgehead atoms. The maximum absolute atomic E-state index is 10.5. The zero-order chi connectivity index (χ0) is 102. The lowest BCUT2D eigenvalue weighted by Crippen LogP contribution is -3.00. The zero-order valence-corrected chi connectivity index (χ0v) is 88.4. The second-order valence-corrected chi connectivity index (χ2v) is 37.8. The van der Waals surface area contributed by atoms with Crippen molar-refractivity contribution in [3.8, 4) is 105 Å². The van der Waals surface area contributed by atoms with Crippen molar-refractivity contribution in [3.05, 3.63) is 365 Å². The molecule has 0 radical (unpaired) electrons. The number of aryl methyl sites for hydroxylation is 9. The molecule has 16 rings (SSSR count). The first-order valence-electron chi connectivity index (χ1n) is 43.9. The first kappa shape index (κ1) is 119. The van der Waals surface area contributed by atoms with Gasteiger partial charge in [-0.1, -0.05) is 147 Å². The van der Waals surface area contributed by atoms with Crippen LogP contribution in [0.3, 0.4) is 0 Å². The summed E-state index contributed by atoms with van der Waals surface area (Å²) in [7, 11) is 0. The number of aliphatic carboxylic acids is 2. The van der Waals surface area contributed by atoms with Crippen LogP contribution in [-0.4, -0.2) is 82.6 Å². The van der Waals surface area contributed by atoms with Gasteiger partial charge in [-0.2, -0.15) is 31.3 Å². The van der Waals surface area contributed by atoms with Crippen LogP contribution >= 0.6 is 79.8 Å². The van der Waals surface area contributed by atoms with Gasteiger partial charge >= 0.3 is 12.4 Å². The molecule has 19 nitrogen and oxygen atoms in total. The van der Waals surface area contributed by atoms with E-state index in [1.807, 2.05) is 190 Å². The van der Waals surface area contributed by atoms with E-state index in [-0.39, 0.29) is 43.8 Å². The number of anilines is 2. The number of alkyl halides is 6. The third-order valence-corrected chi connectivity index (χ3v) is 25.1. The van der Waals surface area contributed by atoms with E-state index in [2.05, 4.69) is 274 Å². The molecule has 0 fully saturated rings. The third kappa shape index (κ3) is 42.8. The molecule has 0 aliphatic carbocycles. The zero-order valence-electron chi connectivity index (χ0n) is 80.5. The Morgan fingerprint density at radius 2 is 0.896 bits per heavy atom. The van der Waals surface area contributed by atoms with Crippen molar-refractivity contribution in [2.75, 3.05) is 16.9 Å². The lowest BCUT2D eigenvalue weighted by molar-refractivity contribution is -0.383. The molecule has 742 valence electrons. The maximum atomic E-state index is 10.5. The molecule has 8 N–H and O–H groups in total. The molecule has 0 saturated carbocycles. The van der Waals surface area contributed by atoms with Gasteiger partial charge in [-0.05, 0) is 217 Å². The summed E-state index contributed by atoms with van der Waals surface area (Å²) in [6.07, 6.45) is 12.2. The molecular weight excluding hydrogens is 2030 g/mol. The van der Waals surface area contributed by atoms with Crippen molar-refractivity contribution >= 4 is 103 Å². The highest BCUT2D eigenvalue weighted by atomic mass is 35.5. The Balaban J connectivity index is 0.000000256. The predicted molar refractivity (Wildman–Crippen MR) is 547 cm³/mol. The molecular formula is C109H101Cl3F6N14O5S7. The number of thiazole rings is 6. The maximum Gasteiger partial charge on any atom is 0.430 e. The summed E-state index contributed by atoms with van der Waals surface area (Å²) in [6.45, 7) is 25.0. The molecule has 35 heteroatoms. The number of halogens is 9. The number of aliphatic hydroxyl groups is 1. The fraction of sp³-hybridized carbons (Fsp3) is 0.211. The molecule has 16 aromatic rings. The van der Waals surface area contributed by atoms with Crippen molar-refractivity contribution in [2.24, 2.45) is 0 Å². The van der Waals surface area contributed by atoms with Gasteiger partial charge in [0.05, 0.1) is 82.6 Å². The van der Waals surface area contributed by atoms with Gasteiger partial charge in [0.15, 0.2) is 18.6 Å². The third-order valence-electron chi connectivity index (χ3n) is 19.7. The number of benzene rings is 4. The van der Waals surface area contributed by atoms with Crippen LogP contribution in [0, 0.1) is 126 Å². The fourth-order valence-corrected chi connectivity index (χ4v) is 15.9. The number of carboxylic acids is 2. The molecule has 0 saturated heterocycles. The van der Waals surface area contributed by atoms with Crippen molar-refractivity contribution in [3.63, 3.8) is 0 Å². The van der Waals surface area contributed by atoms with E-state index >= 15 is 0 Å². The standard InChI is InChI=1S/2C19H16N2S.C18H14N2OS.C18H14N2S2.C16H19N3S.C15H17N3S.2C2HF3O2.3ClH/c1-13-5-4-6-18(14(13)2)19-10-8-16(11-20-19)7-9-17-12-22-15(3)21-17;1-15-21-19(14-22-15)10-9-18-11-17(12-20-13-18)8-7-16-5-3-2-4-6-16;1-13-20-18(12-22-13)7-4-15-8-17(10-19-9-15)16-5-2-14(11-21)3-6-16;1-13-20-15(12-22-13)9-7-14-8-10-17(19-11-14)16-5-3-4-6-18(16)21-2;1-4-14(5-2)19-16-9-7-13(10-17-16)6-8-15-11-20-12(3)18-15;1-4-11(2)17-15-8-6-13(9-16-15)5-7-14-10-19-12(3)18-14;2*3-2(4,5)1(6)7;;;/h4-6,8,10-12H,1-3H3;2-6,11-14H,7-8H2,1H3;2-3,5-6,8-10,12,21H,11H2,1H3;3-6,8,10-12H,1-2H3;7,9-11,14H,4-5H2,1-3H3,(H,17,19);6,8-11H,4H2,1-3H3,(H,16,17);2*(H,6,7);3*1H/t;;;;;11-;;;;;/m.....0...../s1. The fourth-order valence-electron chi connectivity index (χ4n) is 12.0. The number of nitrogens with one attached hydrogen (secondary N) is 7. The lowest BCUT2D eigenvalue weighted by atomic mass is 10.0. The summed E-state index contributed by atoms with van der Waals surface area (Å²) in [5, 5.41) is 51.8. The van der Waals surface area contributed by atoms with Crippen LogP contribution in [0.2, 0.25) is 0 Å². The molecule has 12 aromatic heterocycles. The number of aliphatic hydroxyl groups excluding tert-OH is 1. The van der Waals surface area contributed by atoms with Crippen LogP contribution in [0.25, 0.3) is 33.6 Å². The summed E-state index contributed by atoms with van der Waals surface area (Å²) >= 11 is 11.5. The van der Waals surface area contributed by atoms with Gasteiger partial charge in [-0.3, -0.25) is 20.6 Å². The number of carboxylic acid groups (broad SMARTS) is 2. The number of carbonyl (C=O) groups excluding carboxylic acids is 2. The summed E-state index contributed by atoms with van der Waals surface area (Å²) in [5.74, 6) is 33.3. The van der Waals surface area contributed by atoms with Crippen LogP contribution in [0.4, 0.5) is 38.0 Å². The topological polar surface area (TPSA) is 285 Å². The Labute approximate surface area is 882 Å². The normalized spacial score (nSPS) is 10.2. The Morgan fingerprint density at radius 3 is 1.33 bits per heavy atom. The molecule has 0 unspecified atom stereocenters. The van der Waals surface area contributed by atoms with Gasteiger partial charge in [0.25, 0.3) is 17.3 Å². The van der Waals surface area contributed by atoms with Crippen LogP contribution in [0.5, 0.6) is 0 Å². The van der Waals surface area contributed by atoms with Gasteiger partial charge in [0.1, 0.15) is 52.8 Å². The first-order chi connectivity index (χ1) is 67.7. The number of nitrogens with zero attached hydrogens (tertiary/aromatic N) is 7. The van der Waals surface area contributed by atoms with E-state index in [0.717, 1.165) is 169 Å². The monoisotopic (exact) mass is 2130 g/mol. The molecule has 0 aliphatic rings. The van der Waals surface area contributed by atoms with Crippen molar-refractivity contribution < 1.29 is 113 Å². The minimum Gasteiger partial charge on any atom is -1.00 e. The summed E-state index contributed by atoms with van der Waals surface area (Å²) in [6, 6.07) is 54.4. The van der Waals surface area contributed by atoms with E-state index < -0.39 is 24.3 Å². The van der Waals surface area contributed by atoms with Gasteiger partial charge < -0.3 is 62.1 Å². The second kappa shape index (κ2) is 61.9. The molecule has 4 aromatic carbocycles. The Bertz CT molecular complexity index is 7130. The summed E-state index contributed by atoms with van der Waals surface area (Å²) in [5.41, 5.74) is 23.4. The first-order valence-corrected chi connectivity index (χ1v) is 50.4. The van der Waals surface area contributed by atoms with E-state index in [0.29, 0.717) is 12.1 Å². The largest absolute Gasteiger partial charge is 1.00 e. The smallest absolute Gasteiger partial charge is 0.430 e. The Kier molecular flexibility index (Phi) is 51.1. The number of hydrogen-bond acceptors (Lipinski definition) is 21. The van der Waals surface area contributed by atoms with Crippen LogP contribution in [-0.2, 0) is 29.0 Å². The Hall–Kier alpha value is -13.8. The van der Waals surface area contributed by atoms with Crippen molar-refractivity contribution in [1.29, 1.82) is 0 Å². The summed E-state index contributed by atoms with van der Waals surface area (Å²) < 4.78 is 63.1. The van der Waals surface area contributed by atoms with Crippen LogP contribution in [0.15, 0.2) is 244 Å². The lowest BCUT2D eigenvalue weighted by Gasteiger charge is -2.08. The van der Waals surface area contributed by atoms with Crippen LogP contribution in [0.1, 0.15) is 172 Å². The number of thioether (sulfide) groups is 1. The predicted octanol–water partition coefficient (Wildman–Crippen LogP) is 10.6. The molecule has 144 heavy (non-hydrogen) atoms. The number of hydrogen-bond donors (Lipinski definition) is 3. The number of H-pyrrole nitrogens is 5. The van der Waals surface area contributed by atoms with E-state index in [1.165, 1.54) is 38.3 Å². The van der Waals surface area contributed by atoms with Crippen molar-refractivity contribution in [1.82, 2.24) is 34.9 Å². The minimum absolute atomic E-state index is 0. The molecule has 0 spiro atoms. The van der Waals surface area contributed by atoms with Gasteiger partial charge in [0, 0.05) is 104 Å². The molecule has 12 heterocycles. The van der Waals surface area contributed by atoms with Gasteiger partial charge in [-0.15, -0.1) is 68.4 Å². The number of rotatable bonds is 15. The Morgan fingerprint density at radius 1 is 0.438 bits per heavy atom. The van der Waals surface area contributed by atoms with Gasteiger partial charge in [-0.25, -0.2) is 44.9 Å². The van der Waals surface area contributed by atoms with E-state index in [9.17, 15) is 26.3 Å². The highest BCUT2D eigenvalue weighted by molar-refractivity contribution is 7.98. The van der Waals surface area contributed by atoms with E-state index in [4.69, 9.17) is 24.9 Å². The molecule has 0 aliphatic heterocycles. The average Bonchev–Trinajstić information content (AvgIpc) is 1.39. The highest BCUT2D eigenvalue weighted by Crippen LogP contribution is 2.29. The quantitative estimate of drug-likeness (QED) is 0.0489. The number of pyridine rings is 6. The number of aromatic nitrogens is 12. The van der Waals surface area contributed by atoms with Crippen LogP contribution < -0.4 is 83.0 Å².